The van der Waals surface area contributed by atoms with Crippen LogP contribution in [0.5, 0.6) is 0 Å². The van der Waals surface area contributed by atoms with Crippen LogP contribution in [0.15, 0.2) is 0 Å². The summed E-state index contributed by atoms with van der Waals surface area (Å²) >= 11 is 0. The quantitative estimate of drug-likeness (QED) is 0.0567. The number of carbonyl (C=O) groups excluding carboxylic acids is 1. The molecule has 0 rings (SSSR count). The molecule has 0 saturated carbocycles. The number of aliphatic carboxylic acids is 1. The minimum atomic E-state index is -0.843. The van der Waals surface area contributed by atoms with Crippen LogP contribution in [0.4, 0.5) is 0 Å². The van der Waals surface area contributed by atoms with E-state index in [9.17, 15) is 9.59 Å². The van der Waals surface area contributed by atoms with E-state index in [0.29, 0.717) is 6.42 Å². The van der Waals surface area contributed by atoms with Crippen LogP contribution in [0.3, 0.4) is 0 Å². The molecule has 0 saturated heterocycles. The highest BCUT2D eigenvalue weighted by molar-refractivity contribution is 5.71. The van der Waals surface area contributed by atoms with Gasteiger partial charge in [0.1, 0.15) is 6.10 Å². The Labute approximate surface area is 269 Å². The Morgan fingerprint density at radius 2 is 0.698 bits per heavy atom. The van der Waals surface area contributed by atoms with Gasteiger partial charge >= 0.3 is 11.9 Å². The molecule has 0 aliphatic heterocycles. The van der Waals surface area contributed by atoms with Gasteiger partial charge in [-0.15, -0.1) is 0 Å². The number of unbranched alkanes of at least 4 members (excludes halogenated alkanes) is 27. The summed E-state index contributed by atoms with van der Waals surface area (Å²) in [5.74, 6) is -1.05. The van der Waals surface area contributed by atoms with E-state index in [0.717, 1.165) is 25.7 Å². The van der Waals surface area contributed by atoms with Gasteiger partial charge in [0.2, 0.25) is 0 Å². The molecule has 43 heavy (non-hydrogen) atoms. The van der Waals surface area contributed by atoms with Crippen molar-refractivity contribution in [3.05, 3.63) is 0 Å². The van der Waals surface area contributed by atoms with Crippen molar-refractivity contribution in [1.82, 2.24) is 0 Å². The molecule has 4 heteroatoms. The maximum atomic E-state index is 12.3. The lowest BCUT2D eigenvalue weighted by Gasteiger charge is -2.18. The van der Waals surface area contributed by atoms with E-state index in [4.69, 9.17) is 9.84 Å². The summed E-state index contributed by atoms with van der Waals surface area (Å²) < 4.78 is 5.83. The Morgan fingerprint density at radius 1 is 0.419 bits per heavy atom. The maximum absolute atomic E-state index is 12.3. The predicted molar refractivity (Wildman–Crippen MR) is 186 cm³/mol. The molecule has 4 nitrogen and oxygen atoms in total. The zero-order chi connectivity index (χ0) is 31.5. The second-order valence-corrected chi connectivity index (χ2v) is 13.5. The number of ether oxygens (including phenoxy) is 1. The lowest BCUT2D eigenvalue weighted by Crippen LogP contribution is -2.18. The van der Waals surface area contributed by atoms with Crippen LogP contribution >= 0.6 is 0 Å². The van der Waals surface area contributed by atoms with Gasteiger partial charge in [-0.1, -0.05) is 187 Å². The van der Waals surface area contributed by atoms with Gasteiger partial charge in [-0.2, -0.15) is 0 Å². The monoisotopic (exact) mass is 609 g/mol. The molecule has 256 valence electrons. The van der Waals surface area contributed by atoms with Crippen LogP contribution < -0.4 is 0 Å². The zero-order valence-electron chi connectivity index (χ0n) is 29.3. The van der Waals surface area contributed by atoms with Gasteiger partial charge in [0.05, 0.1) is 0 Å². The zero-order valence-corrected chi connectivity index (χ0v) is 29.3. The van der Waals surface area contributed by atoms with Crippen LogP contribution in [0.2, 0.25) is 0 Å². The fourth-order valence-corrected chi connectivity index (χ4v) is 6.20. The first-order chi connectivity index (χ1) is 21.1. The van der Waals surface area contributed by atoms with Gasteiger partial charge in [0.25, 0.3) is 0 Å². The molecule has 0 heterocycles. The van der Waals surface area contributed by atoms with Gasteiger partial charge < -0.3 is 9.84 Å². The van der Waals surface area contributed by atoms with E-state index in [1.54, 1.807) is 0 Å². The van der Waals surface area contributed by atoms with Gasteiger partial charge in [-0.05, 0) is 32.1 Å². The molecule has 0 aromatic rings. The van der Waals surface area contributed by atoms with Crippen LogP contribution in [0.1, 0.15) is 232 Å². The van der Waals surface area contributed by atoms with Gasteiger partial charge in [-0.3, -0.25) is 9.59 Å². The molecule has 1 N–H and O–H groups in total. The largest absolute Gasteiger partial charge is 0.481 e. The highest BCUT2D eigenvalue weighted by atomic mass is 16.5. The number of rotatable bonds is 36. The van der Waals surface area contributed by atoms with E-state index in [1.807, 2.05) is 0 Å². The number of carbonyl (C=O) groups is 2. The summed E-state index contributed by atoms with van der Waals surface area (Å²) in [5.41, 5.74) is 0. The van der Waals surface area contributed by atoms with E-state index >= 15 is 0 Å². The summed E-state index contributed by atoms with van der Waals surface area (Å²) in [6, 6.07) is 0. The van der Waals surface area contributed by atoms with E-state index < -0.39 is 5.97 Å². The maximum Gasteiger partial charge on any atom is 0.306 e. The van der Waals surface area contributed by atoms with E-state index in [1.165, 1.54) is 173 Å². The van der Waals surface area contributed by atoms with E-state index in [-0.39, 0.29) is 24.9 Å². The summed E-state index contributed by atoms with van der Waals surface area (Å²) in [7, 11) is 0. The third-order valence-electron chi connectivity index (χ3n) is 9.08. The molecule has 0 spiro atoms. The van der Waals surface area contributed by atoms with Crippen molar-refractivity contribution in [2.24, 2.45) is 0 Å². The Kier molecular flexibility index (Phi) is 34.5. The molecule has 0 bridgehead atoms. The lowest BCUT2D eigenvalue weighted by atomic mass is 10.0. The van der Waals surface area contributed by atoms with Gasteiger partial charge in [0.15, 0.2) is 0 Å². The molecule has 1 atom stereocenters. The van der Waals surface area contributed by atoms with Crippen molar-refractivity contribution in [1.29, 1.82) is 0 Å². The third kappa shape index (κ3) is 35.3. The first kappa shape index (κ1) is 41.9. The molecule has 0 aromatic carbocycles. The van der Waals surface area contributed by atoms with Crippen molar-refractivity contribution in [2.45, 2.75) is 238 Å². The molecule has 0 radical (unpaired) electrons. The van der Waals surface area contributed by atoms with Crippen LogP contribution in [0, 0.1) is 0 Å². The average Bonchev–Trinajstić information content (AvgIpc) is 2.98. The number of carboxylic acids is 1. The van der Waals surface area contributed by atoms with Crippen molar-refractivity contribution in [3.8, 4) is 0 Å². The van der Waals surface area contributed by atoms with Crippen molar-refractivity contribution in [2.75, 3.05) is 0 Å². The minimum Gasteiger partial charge on any atom is -0.481 e. The highest BCUT2D eigenvalue weighted by Crippen LogP contribution is 2.19. The van der Waals surface area contributed by atoms with E-state index in [2.05, 4.69) is 13.8 Å². The molecule has 0 aliphatic carbocycles. The second-order valence-electron chi connectivity index (χ2n) is 13.5. The molecule has 0 amide bonds. The van der Waals surface area contributed by atoms with Crippen LogP contribution in [-0.4, -0.2) is 23.1 Å². The third-order valence-corrected chi connectivity index (χ3v) is 9.08. The predicted octanol–water partition coefficient (Wildman–Crippen LogP) is 13.3. The summed E-state index contributed by atoms with van der Waals surface area (Å²) in [6.45, 7) is 4.56. The number of hydrogen-bond donors (Lipinski definition) is 1. The fourth-order valence-electron chi connectivity index (χ4n) is 6.20. The topological polar surface area (TPSA) is 63.6 Å². The Bertz CT molecular complexity index is 576. The Hall–Kier alpha value is -1.06. The van der Waals surface area contributed by atoms with Crippen LogP contribution in [-0.2, 0) is 14.3 Å². The van der Waals surface area contributed by atoms with Crippen molar-refractivity contribution < 1.29 is 19.4 Å². The van der Waals surface area contributed by atoms with Crippen LogP contribution in [0.25, 0.3) is 0 Å². The molecular weight excluding hydrogens is 532 g/mol. The SMILES string of the molecule is CCCCCCCCCCCCCCCCCCC(CCCCCCCCCCCCCCC)OC(=O)CCCC(=O)O. The average molecular weight is 609 g/mol. The second kappa shape index (κ2) is 35.4. The van der Waals surface area contributed by atoms with Gasteiger partial charge in [-0.25, -0.2) is 0 Å². The lowest BCUT2D eigenvalue weighted by molar-refractivity contribution is -0.150. The highest BCUT2D eigenvalue weighted by Gasteiger charge is 2.14. The molecule has 0 aromatic heterocycles. The molecular formula is C39H76O4. The van der Waals surface area contributed by atoms with Crippen molar-refractivity contribution in [3.63, 3.8) is 0 Å². The summed E-state index contributed by atoms with van der Waals surface area (Å²) in [6.07, 6.45) is 41.9. The molecule has 0 aliphatic rings. The normalized spacial score (nSPS) is 12.0. The summed E-state index contributed by atoms with van der Waals surface area (Å²) in [4.78, 5) is 23.1. The first-order valence-corrected chi connectivity index (χ1v) is 19.5. The van der Waals surface area contributed by atoms with Crippen molar-refractivity contribution >= 4 is 11.9 Å². The number of esters is 1. The smallest absolute Gasteiger partial charge is 0.306 e. The minimum absolute atomic E-state index is 0.0108. The fraction of sp³-hybridized carbons (Fsp3) is 0.949. The first-order valence-electron chi connectivity index (χ1n) is 19.5. The molecule has 0 fully saturated rings. The Balaban J connectivity index is 3.88. The molecule has 1 unspecified atom stereocenters. The standard InChI is InChI=1S/C39H76O4/c1-3-5-7-9-11-13-15-17-18-19-21-23-25-27-29-31-34-37(43-39(42)36-32-35-38(40)41)33-30-28-26-24-22-20-16-14-12-10-8-6-4-2/h37H,3-36H2,1-2H3,(H,40,41). The number of hydrogen-bond acceptors (Lipinski definition) is 3. The number of carboxylic acid groups (broad SMARTS) is 1. The Morgan fingerprint density at radius 3 is 0.977 bits per heavy atom. The van der Waals surface area contributed by atoms with Gasteiger partial charge in [0, 0.05) is 12.8 Å². The summed E-state index contributed by atoms with van der Waals surface area (Å²) in [5, 5.41) is 8.85.